The molecule has 0 aliphatic carbocycles. The minimum Gasteiger partial charge on any atom is -0.369 e. The highest BCUT2D eigenvalue weighted by molar-refractivity contribution is 6.34. The van der Waals surface area contributed by atoms with Crippen LogP contribution in [-0.2, 0) is 0 Å². The first-order valence-corrected chi connectivity index (χ1v) is 7.12. The lowest BCUT2D eigenvalue weighted by Gasteiger charge is -2.28. The zero-order valence-electron chi connectivity index (χ0n) is 10.7. The number of hydrogen-bond acceptors (Lipinski definition) is 3. The van der Waals surface area contributed by atoms with Crippen LogP contribution in [0.3, 0.4) is 0 Å². The van der Waals surface area contributed by atoms with Gasteiger partial charge in [-0.05, 0) is 31.4 Å². The van der Waals surface area contributed by atoms with Crippen molar-refractivity contribution in [3.05, 3.63) is 28.8 Å². The first kappa shape index (κ1) is 12.8. The maximum absolute atomic E-state index is 11.6. The molecule has 5 heteroatoms. The molecule has 2 bridgehead atoms. The molecule has 2 heterocycles. The van der Waals surface area contributed by atoms with E-state index < -0.39 is 5.91 Å². The van der Waals surface area contributed by atoms with E-state index in [1.165, 1.54) is 12.8 Å². The Labute approximate surface area is 117 Å². The Bertz CT molecular complexity index is 505. The first-order valence-electron chi connectivity index (χ1n) is 6.74. The number of amides is 1. The predicted molar refractivity (Wildman–Crippen MR) is 76.7 cm³/mol. The fourth-order valence-electron chi connectivity index (χ4n) is 3.18. The number of primary amides is 1. The molecule has 2 atom stereocenters. The van der Waals surface area contributed by atoms with Crippen LogP contribution in [0.4, 0.5) is 5.69 Å². The molecular weight excluding hydrogens is 262 g/mol. The second-order valence-electron chi connectivity index (χ2n) is 5.37. The summed E-state index contributed by atoms with van der Waals surface area (Å²) in [4.78, 5) is 13.9. The molecular formula is C14H18ClN3O. The van der Waals surface area contributed by atoms with Crippen LogP contribution in [0.25, 0.3) is 0 Å². The van der Waals surface area contributed by atoms with E-state index in [1.54, 1.807) is 6.07 Å². The van der Waals surface area contributed by atoms with Crippen molar-refractivity contribution < 1.29 is 4.79 Å². The third-order valence-corrected chi connectivity index (χ3v) is 4.42. The molecule has 2 fully saturated rings. The number of anilines is 1. The number of carbonyl (C=O) groups is 1. The van der Waals surface area contributed by atoms with Gasteiger partial charge in [0.1, 0.15) is 0 Å². The van der Waals surface area contributed by atoms with Crippen molar-refractivity contribution in [2.45, 2.75) is 31.3 Å². The molecule has 2 saturated heterocycles. The quantitative estimate of drug-likeness (QED) is 0.867. The molecule has 0 aromatic heterocycles. The van der Waals surface area contributed by atoms with Gasteiger partial charge >= 0.3 is 0 Å². The van der Waals surface area contributed by atoms with Crippen LogP contribution >= 0.6 is 11.6 Å². The second-order valence-corrected chi connectivity index (χ2v) is 5.78. The summed E-state index contributed by atoms with van der Waals surface area (Å²) in [6.07, 6.45) is 3.56. The van der Waals surface area contributed by atoms with Crippen molar-refractivity contribution in [1.82, 2.24) is 5.32 Å². The van der Waals surface area contributed by atoms with E-state index in [9.17, 15) is 4.79 Å². The first-order chi connectivity index (χ1) is 9.15. The number of nitrogens with two attached hydrogens (primary N) is 1. The molecule has 4 nitrogen and oxygen atoms in total. The second kappa shape index (κ2) is 5.02. The molecule has 0 saturated carbocycles. The minimum atomic E-state index is -0.456. The van der Waals surface area contributed by atoms with Crippen LogP contribution < -0.4 is 16.0 Å². The van der Waals surface area contributed by atoms with Crippen molar-refractivity contribution in [2.24, 2.45) is 5.73 Å². The van der Waals surface area contributed by atoms with Gasteiger partial charge in [0, 0.05) is 25.2 Å². The maximum atomic E-state index is 11.6. The van der Waals surface area contributed by atoms with Gasteiger partial charge in [0.25, 0.3) is 5.91 Å². The van der Waals surface area contributed by atoms with Gasteiger partial charge in [0.15, 0.2) is 0 Å². The van der Waals surface area contributed by atoms with Gasteiger partial charge in [-0.25, -0.2) is 0 Å². The smallest absolute Gasteiger partial charge is 0.252 e. The zero-order valence-corrected chi connectivity index (χ0v) is 11.5. The molecule has 3 rings (SSSR count). The Morgan fingerprint density at radius 2 is 2.11 bits per heavy atom. The highest BCUT2D eigenvalue weighted by Crippen LogP contribution is 2.30. The van der Waals surface area contributed by atoms with Gasteiger partial charge in [-0.1, -0.05) is 17.7 Å². The lowest BCUT2D eigenvalue weighted by molar-refractivity contribution is 0.100. The number of fused-ring (bicyclic) bond motifs is 2. The lowest BCUT2D eigenvalue weighted by atomic mass is 10.1. The van der Waals surface area contributed by atoms with Gasteiger partial charge in [0.2, 0.25) is 0 Å². The largest absolute Gasteiger partial charge is 0.369 e. The lowest BCUT2D eigenvalue weighted by Crippen LogP contribution is -2.36. The highest BCUT2D eigenvalue weighted by atomic mass is 35.5. The van der Waals surface area contributed by atoms with Gasteiger partial charge < -0.3 is 16.0 Å². The van der Waals surface area contributed by atoms with Crippen molar-refractivity contribution in [3.63, 3.8) is 0 Å². The Hall–Kier alpha value is -1.26. The summed E-state index contributed by atoms with van der Waals surface area (Å²) in [7, 11) is 0. The molecule has 1 aromatic carbocycles. The molecule has 1 aromatic rings. The average Bonchev–Trinajstić information content (AvgIpc) is 2.68. The molecule has 102 valence electrons. The van der Waals surface area contributed by atoms with Crippen molar-refractivity contribution in [1.29, 1.82) is 0 Å². The zero-order chi connectivity index (χ0) is 13.4. The number of benzene rings is 1. The molecule has 0 radical (unpaired) electrons. The fourth-order valence-corrected chi connectivity index (χ4v) is 3.44. The third kappa shape index (κ3) is 2.42. The summed E-state index contributed by atoms with van der Waals surface area (Å²) in [5.41, 5.74) is 6.79. The molecule has 2 unspecified atom stereocenters. The monoisotopic (exact) mass is 279 g/mol. The number of hydrogen-bond donors (Lipinski definition) is 2. The van der Waals surface area contributed by atoms with Crippen LogP contribution in [0, 0.1) is 0 Å². The van der Waals surface area contributed by atoms with E-state index in [0.717, 1.165) is 25.2 Å². The number of nitrogens with zero attached hydrogens (tertiary/aromatic N) is 1. The van der Waals surface area contributed by atoms with Crippen LogP contribution in [0.15, 0.2) is 18.2 Å². The third-order valence-electron chi connectivity index (χ3n) is 4.10. The fraction of sp³-hybridized carbons (Fsp3) is 0.500. The highest BCUT2D eigenvalue weighted by Gasteiger charge is 2.30. The van der Waals surface area contributed by atoms with Crippen LogP contribution in [0.1, 0.15) is 29.6 Å². The van der Waals surface area contributed by atoms with Gasteiger partial charge in [-0.3, -0.25) is 4.79 Å². The van der Waals surface area contributed by atoms with E-state index in [1.807, 2.05) is 12.1 Å². The standard InChI is InChI=1S/C14H18ClN3O/c15-11-2-1-3-12(13(11)14(16)19)18-7-6-9-4-5-10(8-18)17-9/h1-3,9-10,17H,4-8H2,(H2,16,19). The average molecular weight is 280 g/mol. The predicted octanol–water partition coefficient (Wildman–Crippen LogP) is 1.77. The number of rotatable bonds is 2. The minimum absolute atomic E-state index is 0.437. The molecule has 1 amide bonds. The van der Waals surface area contributed by atoms with Gasteiger partial charge in [-0.2, -0.15) is 0 Å². The summed E-state index contributed by atoms with van der Waals surface area (Å²) in [5, 5.41) is 4.06. The summed E-state index contributed by atoms with van der Waals surface area (Å²) in [6, 6.07) is 6.65. The maximum Gasteiger partial charge on any atom is 0.252 e. The Kier molecular flexibility index (Phi) is 3.37. The summed E-state index contributed by atoms with van der Waals surface area (Å²) < 4.78 is 0. The van der Waals surface area contributed by atoms with Gasteiger partial charge in [-0.15, -0.1) is 0 Å². The number of halogens is 1. The molecule has 19 heavy (non-hydrogen) atoms. The summed E-state index contributed by atoms with van der Waals surface area (Å²) in [5.74, 6) is -0.456. The molecule has 3 N–H and O–H groups in total. The van der Waals surface area contributed by atoms with E-state index >= 15 is 0 Å². The summed E-state index contributed by atoms with van der Waals surface area (Å²) in [6.45, 7) is 1.85. The van der Waals surface area contributed by atoms with Crippen molar-refractivity contribution in [3.8, 4) is 0 Å². The van der Waals surface area contributed by atoms with E-state index in [-0.39, 0.29) is 0 Å². The SMILES string of the molecule is NC(=O)c1c(Cl)cccc1N1CCC2CCC(C1)N2. The number of nitrogens with one attached hydrogen (secondary N) is 1. The molecule has 2 aliphatic heterocycles. The van der Waals surface area contributed by atoms with Crippen LogP contribution in [-0.4, -0.2) is 31.1 Å². The van der Waals surface area contributed by atoms with E-state index in [0.29, 0.717) is 22.7 Å². The van der Waals surface area contributed by atoms with E-state index in [2.05, 4.69) is 10.2 Å². The summed E-state index contributed by atoms with van der Waals surface area (Å²) >= 11 is 6.12. The topological polar surface area (TPSA) is 58.4 Å². The van der Waals surface area contributed by atoms with Crippen LogP contribution in [0.2, 0.25) is 5.02 Å². The Morgan fingerprint density at radius 3 is 2.89 bits per heavy atom. The van der Waals surface area contributed by atoms with Crippen molar-refractivity contribution >= 4 is 23.2 Å². The molecule has 0 spiro atoms. The Balaban J connectivity index is 1.93. The number of carbonyl (C=O) groups excluding carboxylic acids is 1. The van der Waals surface area contributed by atoms with Crippen LogP contribution in [0.5, 0.6) is 0 Å². The van der Waals surface area contributed by atoms with Gasteiger partial charge in [0.05, 0.1) is 16.3 Å². The normalized spacial score (nSPS) is 26.3. The Morgan fingerprint density at radius 1 is 1.32 bits per heavy atom. The van der Waals surface area contributed by atoms with Crippen molar-refractivity contribution in [2.75, 3.05) is 18.0 Å². The molecule has 2 aliphatic rings. The van der Waals surface area contributed by atoms with E-state index in [4.69, 9.17) is 17.3 Å².